The van der Waals surface area contributed by atoms with E-state index in [9.17, 15) is 0 Å². The SMILES string of the molecule is CO[Si](CCC(S)(S)S)(OC)OCCCCOCC1CO1. The molecule has 0 N–H and O–H groups in total. The van der Waals surface area contributed by atoms with Gasteiger partial charge in [0.15, 0.2) is 0 Å². The molecular weight excluding hydrogens is 348 g/mol. The van der Waals surface area contributed by atoms with Crippen LogP contribution in [-0.4, -0.2) is 59.0 Å². The maximum atomic E-state index is 5.88. The van der Waals surface area contributed by atoms with Gasteiger partial charge >= 0.3 is 8.80 Å². The molecule has 0 radical (unpaired) electrons. The highest BCUT2D eigenvalue weighted by molar-refractivity contribution is 8.16. The monoisotopic (exact) mass is 374 g/mol. The second-order valence-corrected chi connectivity index (χ2v) is 11.3. The topological polar surface area (TPSA) is 49.5 Å². The zero-order valence-corrected chi connectivity index (χ0v) is 16.3. The first kappa shape index (κ1) is 20.1. The normalized spacial score (nSPS) is 19.0. The lowest BCUT2D eigenvalue weighted by Crippen LogP contribution is -2.44. The van der Waals surface area contributed by atoms with Gasteiger partial charge in [0.05, 0.1) is 16.6 Å². The summed E-state index contributed by atoms with van der Waals surface area (Å²) in [6.07, 6.45) is 2.80. The molecule has 1 saturated heterocycles. The van der Waals surface area contributed by atoms with Gasteiger partial charge in [0.1, 0.15) is 6.10 Å². The van der Waals surface area contributed by atoms with Crippen LogP contribution in [0, 0.1) is 0 Å². The van der Waals surface area contributed by atoms with E-state index >= 15 is 0 Å². The molecule has 0 aliphatic carbocycles. The van der Waals surface area contributed by atoms with Crippen LogP contribution in [0.3, 0.4) is 0 Å². The maximum Gasteiger partial charge on any atom is 0.500 e. The van der Waals surface area contributed by atoms with E-state index in [1.807, 2.05) is 0 Å². The van der Waals surface area contributed by atoms with Gasteiger partial charge in [-0.1, -0.05) is 0 Å². The lowest BCUT2D eigenvalue weighted by atomic mass is 10.3. The average Bonchev–Trinajstić information content (AvgIpc) is 3.25. The van der Waals surface area contributed by atoms with Crippen LogP contribution >= 0.6 is 37.9 Å². The van der Waals surface area contributed by atoms with Gasteiger partial charge in [-0.3, -0.25) is 0 Å². The van der Waals surface area contributed by atoms with Crippen LogP contribution in [-0.2, 0) is 22.8 Å². The zero-order chi connectivity index (χ0) is 15.8. The summed E-state index contributed by atoms with van der Waals surface area (Å²) in [6.45, 7) is 2.85. The Labute approximate surface area is 145 Å². The number of rotatable bonds is 13. The molecule has 1 fully saturated rings. The number of hydrogen-bond acceptors (Lipinski definition) is 8. The zero-order valence-electron chi connectivity index (χ0n) is 12.6. The van der Waals surface area contributed by atoms with Crippen LogP contribution in [0.15, 0.2) is 0 Å². The summed E-state index contributed by atoms with van der Waals surface area (Å²) < 4.78 is 26.8. The lowest BCUT2D eigenvalue weighted by Gasteiger charge is -2.28. The summed E-state index contributed by atoms with van der Waals surface area (Å²) in [7, 11) is 0.596. The second kappa shape index (κ2) is 10.0. The Hall–Kier alpha value is 1.07. The summed E-state index contributed by atoms with van der Waals surface area (Å²) in [6, 6.07) is 0.631. The molecule has 0 spiro atoms. The third-order valence-electron chi connectivity index (χ3n) is 3.10. The van der Waals surface area contributed by atoms with Crippen molar-refractivity contribution in [1.82, 2.24) is 0 Å². The van der Waals surface area contributed by atoms with Crippen molar-refractivity contribution in [3.05, 3.63) is 0 Å². The molecule has 0 saturated carbocycles. The van der Waals surface area contributed by atoms with Crippen molar-refractivity contribution in [2.75, 3.05) is 40.6 Å². The van der Waals surface area contributed by atoms with Crippen molar-refractivity contribution in [1.29, 1.82) is 0 Å². The van der Waals surface area contributed by atoms with Crippen LogP contribution in [0.2, 0.25) is 6.04 Å². The molecule has 1 aliphatic heterocycles. The summed E-state index contributed by atoms with van der Waals surface area (Å²) in [4.78, 5) is 0. The van der Waals surface area contributed by atoms with Crippen LogP contribution in [0.25, 0.3) is 0 Å². The fourth-order valence-corrected chi connectivity index (χ4v) is 4.77. The van der Waals surface area contributed by atoms with E-state index in [2.05, 4.69) is 37.9 Å². The minimum atomic E-state index is -2.64. The van der Waals surface area contributed by atoms with Gasteiger partial charge < -0.3 is 22.8 Å². The van der Waals surface area contributed by atoms with Gasteiger partial charge in [-0.2, -0.15) is 37.9 Å². The summed E-state index contributed by atoms with van der Waals surface area (Å²) in [5, 5.41) is 0. The predicted octanol–water partition coefficient (Wildman–Crippen LogP) is 2.26. The standard InChI is InChI=1S/C12H26O5S3Si/c1-13-21(14-2,8-5-12(18,19)20)17-7-4-3-6-15-9-11-10-16-11/h11,18-20H,3-10H2,1-2H3. The summed E-state index contributed by atoms with van der Waals surface area (Å²) in [5.41, 5.74) is 0. The quantitative estimate of drug-likeness (QED) is 0.152. The lowest BCUT2D eigenvalue weighted by molar-refractivity contribution is 0.0846. The Bertz CT molecular complexity index is 283. The summed E-state index contributed by atoms with van der Waals surface area (Å²) >= 11 is 12.8. The number of hydrogen-bond donors (Lipinski definition) is 3. The first-order chi connectivity index (χ1) is 9.91. The van der Waals surface area contributed by atoms with Crippen LogP contribution in [0.4, 0.5) is 0 Å². The molecule has 21 heavy (non-hydrogen) atoms. The third-order valence-corrected chi connectivity index (χ3v) is 6.52. The van der Waals surface area contributed by atoms with E-state index in [0.29, 0.717) is 31.8 Å². The van der Waals surface area contributed by atoms with Gasteiger partial charge in [-0.15, -0.1) is 0 Å². The number of ether oxygens (including phenoxy) is 2. The molecule has 0 aromatic carbocycles. The van der Waals surface area contributed by atoms with Crippen molar-refractivity contribution in [2.24, 2.45) is 0 Å². The van der Waals surface area contributed by atoms with Gasteiger partial charge in [-0.05, 0) is 19.3 Å². The first-order valence-electron chi connectivity index (χ1n) is 7.01. The molecule has 1 rings (SSSR count). The van der Waals surface area contributed by atoms with E-state index in [1.165, 1.54) is 0 Å². The molecule has 1 heterocycles. The summed E-state index contributed by atoms with van der Waals surface area (Å²) in [5.74, 6) is 0. The maximum absolute atomic E-state index is 5.88. The average molecular weight is 375 g/mol. The Kier molecular flexibility index (Phi) is 9.62. The molecule has 0 aromatic rings. The van der Waals surface area contributed by atoms with Crippen molar-refractivity contribution >= 4 is 46.7 Å². The van der Waals surface area contributed by atoms with E-state index < -0.39 is 12.2 Å². The van der Waals surface area contributed by atoms with Crippen molar-refractivity contribution in [3.8, 4) is 0 Å². The third kappa shape index (κ3) is 9.72. The van der Waals surface area contributed by atoms with E-state index in [1.54, 1.807) is 14.2 Å². The van der Waals surface area contributed by atoms with E-state index in [-0.39, 0.29) is 0 Å². The minimum absolute atomic E-state index is 0.326. The Morgan fingerprint density at radius 3 is 2.29 bits per heavy atom. The largest absolute Gasteiger partial charge is 0.500 e. The van der Waals surface area contributed by atoms with Gasteiger partial charge in [0.2, 0.25) is 0 Å². The highest BCUT2D eigenvalue weighted by atomic mass is 32.2. The molecule has 9 heteroatoms. The van der Waals surface area contributed by atoms with Crippen LogP contribution in [0.5, 0.6) is 0 Å². The highest BCUT2D eigenvalue weighted by Crippen LogP contribution is 2.33. The van der Waals surface area contributed by atoms with E-state index in [0.717, 1.165) is 26.1 Å². The molecule has 5 nitrogen and oxygen atoms in total. The Morgan fingerprint density at radius 2 is 1.76 bits per heavy atom. The molecule has 0 aromatic heterocycles. The minimum Gasteiger partial charge on any atom is -0.379 e. The van der Waals surface area contributed by atoms with Crippen LogP contribution < -0.4 is 0 Å². The fourth-order valence-electron chi connectivity index (χ4n) is 1.71. The Balaban J connectivity index is 2.13. The first-order valence-corrected chi connectivity index (χ1v) is 10.3. The fraction of sp³-hybridized carbons (Fsp3) is 1.00. The van der Waals surface area contributed by atoms with Gasteiger partial charge in [0, 0.05) is 33.5 Å². The predicted molar refractivity (Wildman–Crippen MR) is 94.6 cm³/mol. The molecule has 0 amide bonds. The van der Waals surface area contributed by atoms with Gasteiger partial charge in [0.25, 0.3) is 0 Å². The van der Waals surface area contributed by atoms with E-state index in [4.69, 9.17) is 22.8 Å². The molecule has 1 atom stereocenters. The molecule has 126 valence electrons. The highest BCUT2D eigenvalue weighted by Gasteiger charge is 2.40. The van der Waals surface area contributed by atoms with Gasteiger partial charge in [-0.25, -0.2) is 0 Å². The van der Waals surface area contributed by atoms with Crippen LogP contribution in [0.1, 0.15) is 19.3 Å². The molecule has 1 unspecified atom stereocenters. The van der Waals surface area contributed by atoms with Crippen molar-refractivity contribution in [3.63, 3.8) is 0 Å². The number of unbranched alkanes of at least 4 members (excludes halogenated alkanes) is 1. The molecule has 0 bridgehead atoms. The van der Waals surface area contributed by atoms with Crippen molar-refractivity contribution in [2.45, 2.75) is 34.8 Å². The van der Waals surface area contributed by atoms with Crippen molar-refractivity contribution < 1.29 is 22.8 Å². The Morgan fingerprint density at radius 1 is 1.14 bits per heavy atom. The second-order valence-electron chi connectivity index (χ2n) is 4.95. The molecular formula is C12H26O5S3Si. The number of thiol groups is 3. The smallest absolute Gasteiger partial charge is 0.379 e. The number of epoxide rings is 1. The molecule has 1 aliphatic rings.